The summed E-state index contributed by atoms with van der Waals surface area (Å²) in [4.78, 5) is 11.7. The average Bonchev–Trinajstić information content (AvgIpc) is 2.70. The zero-order valence-electron chi connectivity index (χ0n) is 15.1. The molecular weight excluding hydrogens is 425 g/mol. The van der Waals surface area contributed by atoms with Gasteiger partial charge in [0.15, 0.2) is 15.1 Å². The Morgan fingerprint density at radius 3 is 2.76 bits per heavy atom. The molecule has 1 amide bonds. The lowest BCUT2D eigenvalue weighted by molar-refractivity contribution is -0.137. The molecule has 1 aromatic carbocycles. The van der Waals surface area contributed by atoms with Crippen molar-refractivity contribution in [1.29, 1.82) is 5.26 Å². The molecule has 1 aliphatic heterocycles. The molecule has 0 aliphatic carbocycles. The van der Waals surface area contributed by atoms with Gasteiger partial charge in [-0.05, 0) is 35.5 Å². The fourth-order valence-electron chi connectivity index (χ4n) is 2.37. The molecule has 2 aromatic rings. The molecule has 0 saturated heterocycles. The molecule has 7 nitrogen and oxygen atoms in total. The molecule has 29 heavy (non-hydrogen) atoms. The van der Waals surface area contributed by atoms with Gasteiger partial charge in [0.2, 0.25) is 0 Å². The average molecular weight is 438 g/mol. The van der Waals surface area contributed by atoms with Crippen LogP contribution in [0.15, 0.2) is 34.4 Å². The number of thioether (sulfide) groups is 2. The van der Waals surface area contributed by atoms with E-state index in [4.69, 9.17) is 0 Å². The van der Waals surface area contributed by atoms with E-state index in [1.165, 1.54) is 36.6 Å². The second-order valence-electron chi connectivity index (χ2n) is 5.76. The number of nitrogens with zero attached hydrogens (tertiary/aromatic N) is 5. The number of rotatable bonds is 3. The molecular formula is C17H13F3N6OS2. The van der Waals surface area contributed by atoms with Crippen molar-refractivity contribution < 1.29 is 18.0 Å². The van der Waals surface area contributed by atoms with E-state index in [9.17, 15) is 23.2 Å². The number of hydrogen-bond acceptors (Lipinski definition) is 8. The fraction of sp³-hybridized carbons (Fsp3) is 0.235. The predicted octanol–water partition coefficient (Wildman–Crippen LogP) is 3.47. The lowest BCUT2D eigenvalue weighted by Gasteiger charge is -2.22. The van der Waals surface area contributed by atoms with Gasteiger partial charge in [-0.2, -0.15) is 23.5 Å². The van der Waals surface area contributed by atoms with E-state index >= 15 is 0 Å². The fourth-order valence-corrected chi connectivity index (χ4v) is 4.44. The van der Waals surface area contributed by atoms with Crippen molar-refractivity contribution in [2.45, 2.75) is 17.0 Å². The van der Waals surface area contributed by atoms with Crippen LogP contribution < -0.4 is 10.3 Å². The maximum absolute atomic E-state index is 12.8. The lowest BCUT2D eigenvalue weighted by atomic mass is 10.1. The number of benzene rings is 1. The third-order valence-electron chi connectivity index (χ3n) is 3.87. The maximum atomic E-state index is 12.8. The van der Waals surface area contributed by atoms with Crippen molar-refractivity contribution >= 4 is 39.5 Å². The topological polar surface area (TPSA) is 94.3 Å². The molecule has 0 radical (unpaired) electrons. The Hall–Kier alpha value is -2.78. The van der Waals surface area contributed by atoms with Crippen molar-refractivity contribution in [3.05, 3.63) is 46.6 Å². The first-order valence-electron chi connectivity index (χ1n) is 8.06. The second kappa shape index (κ2) is 8.30. The summed E-state index contributed by atoms with van der Waals surface area (Å²) in [6.45, 7) is 0. The summed E-state index contributed by atoms with van der Waals surface area (Å²) in [5.41, 5.74) is 0.359. The molecule has 1 aliphatic rings. The summed E-state index contributed by atoms with van der Waals surface area (Å²) in [6, 6.07) is 6.49. The molecule has 0 fully saturated rings. The summed E-state index contributed by atoms with van der Waals surface area (Å²) in [5, 5.41) is 26.1. The van der Waals surface area contributed by atoms with Crippen LogP contribution in [0.5, 0.6) is 0 Å². The van der Waals surface area contributed by atoms with E-state index in [0.29, 0.717) is 20.7 Å². The number of nitrogens with one attached hydrogen (secondary N) is 1. The van der Waals surface area contributed by atoms with Gasteiger partial charge < -0.3 is 5.32 Å². The molecule has 0 bridgehead atoms. The summed E-state index contributed by atoms with van der Waals surface area (Å²) in [6.07, 6.45) is -4.50. The van der Waals surface area contributed by atoms with Gasteiger partial charge in [-0.25, -0.2) is 0 Å². The van der Waals surface area contributed by atoms with Gasteiger partial charge in [-0.3, -0.25) is 9.80 Å². The van der Waals surface area contributed by atoms with E-state index in [1.54, 1.807) is 18.1 Å². The van der Waals surface area contributed by atoms with Crippen LogP contribution in [0, 0.1) is 11.3 Å². The van der Waals surface area contributed by atoms with Crippen LogP contribution in [0.1, 0.15) is 27.2 Å². The Bertz CT molecular complexity index is 1030. The van der Waals surface area contributed by atoms with E-state index in [2.05, 4.69) is 20.6 Å². The van der Waals surface area contributed by atoms with Crippen LogP contribution >= 0.6 is 23.5 Å². The Morgan fingerprint density at radius 1 is 1.34 bits per heavy atom. The number of alkyl halides is 3. The normalized spacial score (nSPS) is 13.4. The number of anilines is 1. The highest BCUT2D eigenvalue weighted by atomic mass is 32.2. The Kier molecular flexibility index (Phi) is 5.99. The molecule has 3 rings (SSSR count). The third-order valence-corrected chi connectivity index (χ3v) is 6.00. The third kappa shape index (κ3) is 4.63. The van der Waals surface area contributed by atoms with Crippen molar-refractivity contribution in [3.63, 3.8) is 0 Å². The number of aromatic nitrogens is 2. The summed E-state index contributed by atoms with van der Waals surface area (Å²) in [5.74, 6) is -0.103. The summed E-state index contributed by atoms with van der Waals surface area (Å²) >= 11 is 2.50. The molecule has 12 heteroatoms. The van der Waals surface area contributed by atoms with Gasteiger partial charge in [0.1, 0.15) is 0 Å². The van der Waals surface area contributed by atoms with Crippen LogP contribution in [-0.2, 0) is 11.9 Å². The standard InChI is InChI=1S/C17H13F3N6OS2/c1-22-14(27)12-6-13-15(24-23-12)29-16(25-26(13)2)28-8-9-3-4-11(17(18,19)20)5-10(9)7-21/h3-6H,8H2,1-2H3,(H,22,27). The highest BCUT2D eigenvalue weighted by molar-refractivity contribution is 8.38. The molecule has 0 unspecified atom stereocenters. The van der Waals surface area contributed by atoms with Gasteiger partial charge in [0.05, 0.1) is 22.9 Å². The van der Waals surface area contributed by atoms with E-state index < -0.39 is 11.7 Å². The van der Waals surface area contributed by atoms with Crippen molar-refractivity contribution in [1.82, 2.24) is 15.5 Å². The second-order valence-corrected chi connectivity index (χ2v) is 7.96. The minimum absolute atomic E-state index is 0.0301. The van der Waals surface area contributed by atoms with Gasteiger partial charge in [-0.1, -0.05) is 17.8 Å². The van der Waals surface area contributed by atoms with Crippen LogP contribution in [-0.4, -0.2) is 34.6 Å². The Morgan fingerprint density at radius 2 is 2.10 bits per heavy atom. The first kappa shape index (κ1) is 20.9. The maximum Gasteiger partial charge on any atom is 0.416 e. The van der Waals surface area contributed by atoms with Crippen molar-refractivity contribution in [2.75, 3.05) is 19.1 Å². The number of hydrogen-bond donors (Lipinski definition) is 1. The zero-order valence-corrected chi connectivity index (χ0v) is 16.7. The van der Waals surface area contributed by atoms with E-state index in [1.807, 2.05) is 6.07 Å². The van der Waals surface area contributed by atoms with Crippen LogP contribution in [0.3, 0.4) is 0 Å². The quantitative estimate of drug-likeness (QED) is 0.784. The van der Waals surface area contributed by atoms with Crippen LogP contribution in [0.2, 0.25) is 0 Å². The number of carbonyl (C=O) groups is 1. The first-order chi connectivity index (χ1) is 13.7. The molecule has 0 spiro atoms. The number of hydrazone groups is 1. The molecule has 0 saturated carbocycles. The predicted molar refractivity (Wildman–Crippen MR) is 105 cm³/mol. The van der Waals surface area contributed by atoms with E-state index in [0.717, 1.165) is 12.1 Å². The monoisotopic (exact) mass is 438 g/mol. The zero-order chi connectivity index (χ0) is 21.2. The molecule has 2 heterocycles. The summed E-state index contributed by atoms with van der Waals surface area (Å²) < 4.78 is 39.0. The molecule has 150 valence electrons. The van der Waals surface area contributed by atoms with Crippen LogP contribution in [0.25, 0.3) is 0 Å². The van der Waals surface area contributed by atoms with Gasteiger partial charge in [-0.15, -0.1) is 10.2 Å². The SMILES string of the molecule is CNC(=O)c1cc2c(nn1)SC(SCc1ccc(C(F)(F)F)cc1C#N)=NN2C. The first-order valence-corrected chi connectivity index (χ1v) is 9.86. The molecule has 0 atom stereocenters. The van der Waals surface area contributed by atoms with E-state index in [-0.39, 0.29) is 22.9 Å². The number of carbonyl (C=O) groups excluding carboxylic acids is 1. The molecule has 1 aromatic heterocycles. The number of fused-ring (bicyclic) bond motifs is 1. The van der Waals surface area contributed by atoms with Gasteiger partial charge in [0, 0.05) is 19.8 Å². The Balaban J connectivity index is 1.76. The van der Waals surface area contributed by atoms with Gasteiger partial charge >= 0.3 is 6.18 Å². The highest BCUT2D eigenvalue weighted by Gasteiger charge is 2.31. The number of amides is 1. The number of halogens is 3. The van der Waals surface area contributed by atoms with Gasteiger partial charge in [0.25, 0.3) is 5.91 Å². The minimum Gasteiger partial charge on any atom is -0.354 e. The van der Waals surface area contributed by atoms with Crippen molar-refractivity contribution in [3.8, 4) is 6.07 Å². The van der Waals surface area contributed by atoms with Crippen molar-refractivity contribution in [2.24, 2.45) is 5.10 Å². The number of nitriles is 1. The largest absolute Gasteiger partial charge is 0.416 e. The smallest absolute Gasteiger partial charge is 0.354 e. The Labute approximate surface area is 172 Å². The lowest BCUT2D eigenvalue weighted by Crippen LogP contribution is -2.22. The summed E-state index contributed by atoms with van der Waals surface area (Å²) in [7, 11) is 3.18. The minimum atomic E-state index is -4.50. The van der Waals surface area contributed by atoms with Crippen LogP contribution in [0.4, 0.5) is 18.9 Å². The highest BCUT2D eigenvalue weighted by Crippen LogP contribution is 2.38. The molecule has 1 N–H and O–H groups in total.